The van der Waals surface area contributed by atoms with Crippen molar-refractivity contribution in [3.8, 4) is 0 Å². The van der Waals surface area contributed by atoms with Crippen LogP contribution in [0.5, 0.6) is 0 Å². The van der Waals surface area contributed by atoms with Crippen molar-refractivity contribution >= 4 is 34.3 Å². The van der Waals surface area contributed by atoms with Gasteiger partial charge in [-0.2, -0.15) is 0 Å². The van der Waals surface area contributed by atoms with Gasteiger partial charge in [-0.1, -0.05) is 17.7 Å². The molecule has 1 nitrogen and oxygen atoms in total. The van der Waals surface area contributed by atoms with Crippen LogP contribution >= 0.6 is 34.3 Å². The Balaban J connectivity index is 2.35. The van der Waals surface area contributed by atoms with Gasteiger partial charge >= 0.3 is 0 Å². The second kappa shape index (κ2) is 4.66. The highest BCUT2D eigenvalue weighted by Crippen LogP contribution is 2.35. The maximum absolute atomic E-state index is 6.09. The van der Waals surface area contributed by atoms with Gasteiger partial charge < -0.3 is 5.32 Å². The van der Waals surface area contributed by atoms with Crippen LogP contribution in [-0.4, -0.2) is 7.05 Å². The number of hydrogen-bond donors (Lipinski definition) is 1. The van der Waals surface area contributed by atoms with Crippen LogP contribution in [0.2, 0.25) is 4.34 Å². The minimum Gasteiger partial charge on any atom is -0.308 e. The third-order valence-electron chi connectivity index (χ3n) is 2.28. The predicted octanol–water partition coefficient (Wildman–Crippen LogP) is 4.08. The van der Waals surface area contributed by atoms with Crippen molar-refractivity contribution < 1.29 is 0 Å². The van der Waals surface area contributed by atoms with Gasteiger partial charge in [0.2, 0.25) is 0 Å². The van der Waals surface area contributed by atoms with E-state index in [2.05, 4.69) is 28.9 Å². The van der Waals surface area contributed by atoms with Crippen molar-refractivity contribution in [2.45, 2.75) is 13.0 Å². The molecule has 4 heteroatoms. The van der Waals surface area contributed by atoms with Gasteiger partial charge in [-0.25, -0.2) is 0 Å². The summed E-state index contributed by atoms with van der Waals surface area (Å²) in [5, 5.41) is 5.42. The molecule has 0 bridgehead atoms. The molecule has 0 amide bonds. The van der Waals surface area contributed by atoms with Crippen molar-refractivity contribution in [3.63, 3.8) is 0 Å². The lowest BCUT2D eigenvalue weighted by Crippen LogP contribution is -2.14. The first kappa shape index (κ1) is 11.1. The molecule has 0 saturated carbocycles. The zero-order chi connectivity index (χ0) is 10.8. The summed E-state index contributed by atoms with van der Waals surface area (Å²) in [4.78, 5) is 2.61. The number of aryl methyl sites for hydroxylation is 1. The summed E-state index contributed by atoms with van der Waals surface area (Å²) in [5.74, 6) is 0. The zero-order valence-electron chi connectivity index (χ0n) is 8.58. The number of halogens is 1. The van der Waals surface area contributed by atoms with E-state index in [0.717, 1.165) is 9.90 Å². The zero-order valence-corrected chi connectivity index (χ0v) is 11.0. The molecule has 1 unspecified atom stereocenters. The predicted molar refractivity (Wildman–Crippen MR) is 69.3 cm³/mol. The van der Waals surface area contributed by atoms with Gasteiger partial charge in [0.15, 0.2) is 0 Å². The molecule has 0 spiro atoms. The summed E-state index contributed by atoms with van der Waals surface area (Å²) in [6.07, 6.45) is 0. The molecule has 80 valence electrons. The molecule has 0 aliphatic carbocycles. The van der Waals surface area contributed by atoms with Crippen LogP contribution < -0.4 is 5.32 Å². The maximum atomic E-state index is 6.09. The van der Waals surface area contributed by atoms with E-state index in [0.29, 0.717) is 0 Å². The first-order valence-corrected chi connectivity index (χ1v) is 6.76. The Kier molecular flexibility index (Phi) is 3.46. The van der Waals surface area contributed by atoms with Crippen molar-refractivity contribution in [1.29, 1.82) is 0 Å². The third-order valence-corrected chi connectivity index (χ3v) is 4.83. The van der Waals surface area contributed by atoms with Crippen molar-refractivity contribution in [3.05, 3.63) is 43.2 Å². The molecule has 0 fully saturated rings. The van der Waals surface area contributed by atoms with Crippen LogP contribution in [0.3, 0.4) is 0 Å². The summed E-state index contributed by atoms with van der Waals surface area (Å²) in [6, 6.07) is 6.66. The van der Waals surface area contributed by atoms with E-state index in [4.69, 9.17) is 11.6 Å². The molecule has 0 aromatic carbocycles. The fraction of sp³-hybridized carbons (Fsp3) is 0.273. The van der Waals surface area contributed by atoms with Gasteiger partial charge in [0.25, 0.3) is 0 Å². The Morgan fingerprint density at radius 1 is 1.40 bits per heavy atom. The number of hydrogen-bond acceptors (Lipinski definition) is 3. The Bertz CT molecular complexity index is 414. The second-order valence-corrected chi connectivity index (χ2v) is 6.01. The lowest BCUT2D eigenvalue weighted by molar-refractivity contribution is 0.716. The topological polar surface area (TPSA) is 12.0 Å². The van der Waals surface area contributed by atoms with Crippen LogP contribution in [0, 0.1) is 6.92 Å². The minimum atomic E-state index is 0.279. The normalized spacial score (nSPS) is 13.0. The molecular formula is C11H12ClNS2. The Hall–Kier alpha value is -0.350. The first-order chi connectivity index (χ1) is 7.22. The van der Waals surface area contributed by atoms with Crippen LogP contribution in [0.1, 0.15) is 21.4 Å². The lowest BCUT2D eigenvalue weighted by atomic mass is 10.2. The van der Waals surface area contributed by atoms with Gasteiger partial charge in [0.05, 0.1) is 10.4 Å². The summed E-state index contributed by atoms with van der Waals surface area (Å²) >= 11 is 9.51. The molecule has 1 N–H and O–H groups in total. The van der Waals surface area contributed by atoms with E-state index in [1.54, 1.807) is 22.7 Å². The van der Waals surface area contributed by atoms with Crippen LogP contribution in [0.15, 0.2) is 23.6 Å². The van der Waals surface area contributed by atoms with Crippen molar-refractivity contribution in [1.82, 2.24) is 5.32 Å². The van der Waals surface area contributed by atoms with Crippen LogP contribution in [-0.2, 0) is 0 Å². The van der Waals surface area contributed by atoms with Crippen molar-refractivity contribution in [2.24, 2.45) is 0 Å². The second-order valence-electron chi connectivity index (χ2n) is 3.34. The van der Waals surface area contributed by atoms with Crippen molar-refractivity contribution in [2.75, 3.05) is 7.05 Å². The SMILES string of the molecule is CNC(c1cccs1)c1cc(C)c(Cl)s1. The van der Waals surface area contributed by atoms with Crippen LogP contribution in [0.4, 0.5) is 0 Å². The Morgan fingerprint density at radius 2 is 2.20 bits per heavy atom. The van der Waals surface area contributed by atoms with E-state index in [9.17, 15) is 0 Å². The summed E-state index contributed by atoms with van der Waals surface area (Å²) in [6.45, 7) is 2.05. The monoisotopic (exact) mass is 257 g/mol. The highest BCUT2D eigenvalue weighted by Gasteiger charge is 2.16. The molecule has 1 atom stereocenters. The fourth-order valence-electron chi connectivity index (χ4n) is 1.51. The summed E-state index contributed by atoms with van der Waals surface area (Å²) in [7, 11) is 1.98. The molecule has 0 radical (unpaired) electrons. The average Bonchev–Trinajstić information content (AvgIpc) is 2.80. The molecule has 0 saturated heterocycles. The minimum absolute atomic E-state index is 0.279. The highest BCUT2D eigenvalue weighted by atomic mass is 35.5. The third kappa shape index (κ3) is 2.26. The lowest BCUT2D eigenvalue weighted by Gasteiger charge is -2.11. The number of thiophene rings is 2. The van der Waals surface area contributed by atoms with E-state index in [-0.39, 0.29) is 6.04 Å². The van der Waals surface area contributed by atoms with Gasteiger partial charge in [-0.3, -0.25) is 0 Å². The fourth-order valence-corrected chi connectivity index (χ4v) is 3.78. The van der Waals surface area contributed by atoms with Gasteiger partial charge in [-0.15, -0.1) is 22.7 Å². The Labute approximate surface area is 103 Å². The standard InChI is InChI=1S/C11H12ClNS2/c1-7-6-9(15-11(7)12)10(13-2)8-4-3-5-14-8/h3-6,10,13H,1-2H3. The maximum Gasteiger partial charge on any atom is 0.0961 e. The molecule has 2 rings (SSSR count). The molecule has 2 heterocycles. The van der Waals surface area contributed by atoms with Gasteiger partial charge in [-0.05, 0) is 37.0 Å². The smallest absolute Gasteiger partial charge is 0.0961 e. The molecular weight excluding hydrogens is 246 g/mol. The largest absolute Gasteiger partial charge is 0.308 e. The van der Waals surface area contributed by atoms with E-state index in [1.165, 1.54) is 9.75 Å². The summed E-state index contributed by atoms with van der Waals surface area (Å²) < 4.78 is 0.891. The van der Waals surface area contributed by atoms with E-state index < -0.39 is 0 Å². The molecule has 2 aromatic heterocycles. The summed E-state index contributed by atoms with van der Waals surface area (Å²) in [5.41, 5.74) is 1.16. The molecule has 0 aliphatic rings. The van der Waals surface area contributed by atoms with E-state index >= 15 is 0 Å². The number of rotatable bonds is 3. The number of nitrogens with one attached hydrogen (secondary N) is 1. The molecule has 2 aromatic rings. The first-order valence-electron chi connectivity index (χ1n) is 4.69. The average molecular weight is 258 g/mol. The molecule has 15 heavy (non-hydrogen) atoms. The Morgan fingerprint density at radius 3 is 2.67 bits per heavy atom. The van der Waals surface area contributed by atoms with Gasteiger partial charge in [0, 0.05) is 9.75 Å². The van der Waals surface area contributed by atoms with Gasteiger partial charge in [0.1, 0.15) is 0 Å². The van der Waals surface area contributed by atoms with Crippen LogP contribution in [0.25, 0.3) is 0 Å². The van der Waals surface area contributed by atoms with E-state index in [1.807, 2.05) is 14.0 Å². The quantitative estimate of drug-likeness (QED) is 0.874. The molecule has 0 aliphatic heterocycles. The highest BCUT2D eigenvalue weighted by molar-refractivity contribution is 7.16.